The number of fused-ring (bicyclic) bond motifs is 2. The van der Waals surface area contributed by atoms with Gasteiger partial charge in [-0.25, -0.2) is 4.68 Å². The van der Waals surface area contributed by atoms with Gasteiger partial charge in [0.15, 0.2) is 0 Å². The number of amides is 1. The molecule has 5 rings (SSSR count). The Morgan fingerprint density at radius 3 is 2.63 bits per heavy atom. The van der Waals surface area contributed by atoms with Crippen molar-refractivity contribution in [3.05, 3.63) is 72.3 Å². The molecule has 0 aliphatic carbocycles. The van der Waals surface area contributed by atoms with Crippen LogP contribution >= 0.6 is 11.8 Å². The van der Waals surface area contributed by atoms with Gasteiger partial charge in [-0.05, 0) is 49.1 Å². The van der Waals surface area contributed by atoms with Crippen molar-refractivity contribution in [1.29, 1.82) is 0 Å². The molecule has 1 amide bonds. The summed E-state index contributed by atoms with van der Waals surface area (Å²) in [5.74, 6) is 0.628. The van der Waals surface area contributed by atoms with Crippen molar-refractivity contribution in [2.75, 3.05) is 25.4 Å². The van der Waals surface area contributed by atoms with E-state index < -0.39 is 0 Å². The topological polar surface area (TPSA) is 60.3 Å². The van der Waals surface area contributed by atoms with Gasteiger partial charge in [-0.1, -0.05) is 18.2 Å². The monoisotopic (exact) mass is 420 g/mol. The standard InChI is InChI=1S/C23H24N4O2S/c28-21(17-30-20-6-11-24-12-7-20)26-13-9-23(10-14-26)22-18(8-15-29-23)16-27(25-22)19-4-2-1-3-5-19/h1-7,11-12,16H,8-10,13-15,17H2. The van der Waals surface area contributed by atoms with Crippen LogP contribution in [0.3, 0.4) is 0 Å². The molecule has 2 aliphatic heterocycles. The maximum Gasteiger partial charge on any atom is 0.232 e. The minimum Gasteiger partial charge on any atom is -0.368 e. The number of likely N-dealkylation sites (tertiary alicyclic amines) is 1. The lowest BCUT2D eigenvalue weighted by molar-refractivity contribution is -0.138. The molecule has 0 radical (unpaired) electrons. The number of hydrogen-bond acceptors (Lipinski definition) is 5. The number of piperidine rings is 1. The van der Waals surface area contributed by atoms with E-state index in [0.717, 1.165) is 35.5 Å². The summed E-state index contributed by atoms with van der Waals surface area (Å²) in [5, 5.41) is 4.92. The molecular weight excluding hydrogens is 396 g/mol. The van der Waals surface area contributed by atoms with Crippen molar-refractivity contribution in [2.24, 2.45) is 0 Å². The zero-order valence-corrected chi connectivity index (χ0v) is 17.6. The number of nitrogens with zero attached hydrogens (tertiary/aromatic N) is 4. The largest absolute Gasteiger partial charge is 0.368 e. The lowest BCUT2D eigenvalue weighted by atomic mass is 9.84. The van der Waals surface area contributed by atoms with Crippen LogP contribution in [0.2, 0.25) is 0 Å². The minimum atomic E-state index is -0.372. The highest BCUT2D eigenvalue weighted by atomic mass is 32.2. The van der Waals surface area contributed by atoms with E-state index in [4.69, 9.17) is 9.84 Å². The second kappa shape index (κ2) is 8.24. The summed E-state index contributed by atoms with van der Waals surface area (Å²) in [5.41, 5.74) is 3.00. The fourth-order valence-electron chi connectivity index (χ4n) is 4.28. The van der Waals surface area contributed by atoms with Crippen molar-refractivity contribution < 1.29 is 9.53 Å². The van der Waals surface area contributed by atoms with E-state index in [9.17, 15) is 4.79 Å². The number of para-hydroxylation sites is 1. The van der Waals surface area contributed by atoms with E-state index in [1.165, 1.54) is 5.56 Å². The normalized spacial score (nSPS) is 17.7. The Labute approximate surface area is 180 Å². The van der Waals surface area contributed by atoms with Crippen LogP contribution in [-0.2, 0) is 21.6 Å². The molecule has 1 fully saturated rings. The molecule has 1 saturated heterocycles. The average molecular weight is 421 g/mol. The molecule has 30 heavy (non-hydrogen) atoms. The third-order valence-corrected chi connectivity index (χ3v) is 6.92. The van der Waals surface area contributed by atoms with Crippen LogP contribution in [0, 0.1) is 0 Å². The Hall–Kier alpha value is -2.64. The van der Waals surface area contributed by atoms with E-state index in [1.54, 1.807) is 24.2 Å². The van der Waals surface area contributed by atoms with Crippen LogP contribution in [-0.4, -0.2) is 51.0 Å². The Morgan fingerprint density at radius 1 is 1.10 bits per heavy atom. The molecule has 0 N–H and O–H groups in total. The fourth-order valence-corrected chi connectivity index (χ4v) is 5.07. The molecule has 4 heterocycles. The van der Waals surface area contributed by atoms with Crippen LogP contribution in [0.4, 0.5) is 0 Å². The SMILES string of the molecule is O=C(CSc1ccncc1)N1CCC2(CC1)OCCc1cn(-c3ccccc3)nc12. The molecule has 3 aromatic rings. The third kappa shape index (κ3) is 3.75. The quantitative estimate of drug-likeness (QED) is 0.605. The maximum absolute atomic E-state index is 12.7. The Bertz CT molecular complexity index is 1010. The third-order valence-electron chi connectivity index (χ3n) is 5.93. The molecule has 0 bridgehead atoms. The van der Waals surface area contributed by atoms with Crippen LogP contribution in [0.25, 0.3) is 5.69 Å². The predicted molar refractivity (Wildman–Crippen MR) is 116 cm³/mol. The molecular formula is C23H24N4O2S. The first kappa shape index (κ1) is 19.3. The predicted octanol–water partition coefficient (Wildman–Crippen LogP) is 3.45. The number of aromatic nitrogens is 3. The lowest BCUT2D eigenvalue weighted by Crippen LogP contribution is -2.49. The first-order valence-corrected chi connectivity index (χ1v) is 11.3. The number of benzene rings is 1. The van der Waals surface area contributed by atoms with Crippen LogP contribution in [0.1, 0.15) is 24.1 Å². The van der Waals surface area contributed by atoms with Gasteiger partial charge in [-0.3, -0.25) is 9.78 Å². The van der Waals surface area contributed by atoms with Crippen LogP contribution < -0.4 is 0 Å². The van der Waals surface area contributed by atoms with Crippen LogP contribution in [0.15, 0.2) is 66.0 Å². The smallest absolute Gasteiger partial charge is 0.232 e. The number of carbonyl (C=O) groups excluding carboxylic acids is 1. The maximum atomic E-state index is 12.7. The van der Waals surface area contributed by atoms with E-state index in [0.29, 0.717) is 25.4 Å². The van der Waals surface area contributed by atoms with E-state index in [-0.39, 0.29) is 11.5 Å². The number of pyridine rings is 1. The van der Waals surface area contributed by atoms with E-state index >= 15 is 0 Å². The average Bonchev–Trinajstić information content (AvgIpc) is 3.26. The van der Waals surface area contributed by atoms with Crippen molar-refractivity contribution in [2.45, 2.75) is 29.8 Å². The summed E-state index contributed by atoms with van der Waals surface area (Å²) < 4.78 is 8.28. The number of carbonyl (C=O) groups is 1. The highest BCUT2D eigenvalue weighted by Gasteiger charge is 2.44. The highest BCUT2D eigenvalue weighted by Crippen LogP contribution is 2.41. The van der Waals surface area contributed by atoms with Crippen molar-refractivity contribution in [3.63, 3.8) is 0 Å². The Balaban J connectivity index is 1.27. The van der Waals surface area contributed by atoms with Gasteiger partial charge in [0.1, 0.15) is 5.60 Å². The lowest BCUT2D eigenvalue weighted by Gasteiger charge is -2.43. The summed E-state index contributed by atoms with van der Waals surface area (Å²) in [6.07, 6.45) is 8.11. The van der Waals surface area contributed by atoms with Crippen LogP contribution in [0.5, 0.6) is 0 Å². The molecule has 1 spiro atoms. The molecule has 154 valence electrons. The van der Waals surface area contributed by atoms with Gasteiger partial charge in [0.25, 0.3) is 0 Å². The zero-order chi connectivity index (χ0) is 20.4. The van der Waals surface area contributed by atoms with Gasteiger partial charge < -0.3 is 9.64 Å². The van der Waals surface area contributed by atoms with Crippen molar-refractivity contribution in [1.82, 2.24) is 19.7 Å². The van der Waals surface area contributed by atoms with Gasteiger partial charge in [0.2, 0.25) is 5.91 Å². The van der Waals surface area contributed by atoms with Gasteiger partial charge >= 0.3 is 0 Å². The molecule has 1 aromatic carbocycles. The summed E-state index contributed by atoms with van der Waals surface area (Å²) in [6.45, 7) is 2.11. The minimum absolute atomic E-state index is 0.178. The second-order valence-corrected chi connectivity index (χ2v) is 8.78. The summed E-state index contributed by atoms with van der Waals surface area (Å²) in [7, 11) is 0. The number of hydrogen-bond donors (Lipinski definition) is 0. The van der Waals surface area contributed by atoms with Crippen molar-refractivity contribution >= 4 is 17.7 Å². The Kier molecular flexibility index (Phi) is 5.31. The van der Waals surface area contributed by atoms with E-state index in [2.05, 4.69) is 23.3 Å². The number of ether oxygens (including phenoxy) is 1. The summed E-state index contributed by atoms with van der Waals surface area (Å²) >= 11 is 1.56. The molecule has 0 unspecified atom stereocenters. The van der Waals surface area contributed by atoms with Gasteiger partial charge in [-0.15, -0.1) is 11.8 Å². The van der Waals surface area contributed by atoms with E-state index in [1.807, 2.05) is 39.9 Å². The first-order valence-electron chi connectivity index (χ1n) is 10.3. The molecule has 2 aliphatic rings. The Morgan fingerprint density at radius 2 is 1.87 bits per heavy atom. The molecule has 0 atom stereocenters. The van der Waals surface area contributed by atoms with Gasteiger partial charge in [0.05, 0.1) is 23.7 Å². The van der Waals surface area contributed by atoms with Gasteiger partial charge in [0, 0.05) is 36.6 Å². The van der Waals surface area contributed by atoms with Gasteiger partial charge in [-0.2, -0.15) is 5.10 Å². The molecule has 2 aromatic heterocycles. The van der Waals surface area contributed by atoms with Crippen molar-refractivity contribution in [3.8, 4) is 5.69 Å². The molecule has 0 saturated carbocycles. The second-order valence-electron chi connectivity index (χ2n) is 7.73. The first-order chi connectivity index (χ1) is 14.7. The highest BCUT2D eigenvalue weighted by molar-refractivity contribution is 8.00. The summed E-state index contributed by atoms with van der Waals surface area (Å²) in [4.78, 5) is 19.8. The zero-order valence-electron chi connectivity index (χ0n) is 16.7. The summed E-state index contributed by atoms with van der Waals surface area (Å²) in [6, 6.07) is 14.1. The number of thioether (sulfide) groups is 1. The molecule has 6 nitrogen and oxygen atoms in total. The fraction of sp³-hybridized carbons (Fsp3) is 0.348. The molecule has 7 heteroatoms. The number of rotatable bonds is 4.